The summed E-state index contributed by atoms with van der Waals surface area (Å²) in [6, 6.07) is 0. The van der Waals surface area contributed by atoms with E-state index in [-0.39, 0.29) is 5.97 Å². The zero-order chi connectivity index (χ0) is 9.40. The van der Waals surface area contributed by atoms with Gasteiger partial charge < -0.3 is 9.64 Å². The van der Waals surface area contributed by atoms with Crippen molar-refractivity contribution >= 4 is 5.97 Å². The zero-order valence-electron chi connectivity index (χ0n) is 8.30. The fourth-order valence-corrected chi connectivity index (χ4v) is 0.818. The third kappa shape index (κ3) is 7.54. The highest BCUT2D eigenvalue weighted by atomic mass is 16.5. The molecule has 0 N–H and O–H groups in total. The molecular formula is C9H19NO2. The molecule has 12 heavy (non-hydrogen) atoms. The quantitative estimate of drug-likeness (QED) is 0.447. The average Bonchev–Trinajstić information content (AvgIpc) is 2.03. The number of esters is 1. The van der Waals surface area contributed by atoms with E-state index < -0.39 is 0 Å². The van der Waals surface area contributed by atoms with Crippen LogP contribution in [0, 0.1) is 0 Å². The summed E-state index contributed by atoms with van der Waals surface area (Å²) in [6.07, 6.45) is 2.53. The minimum atomic E-state index is -0.0974. The summed E-state index contributed by atoms with van der Waals surface area (Å²) < 4.78 is 4.92. The number of hydrogen-bond donors (Lipinski definition) is 0. The smallest absolute Gasteiger partial charge is 0.305 e. The third-order valence-corrected chi connectivity index (χ3v) is 1.55. The first kappa shape index (κ1) is 11.4. The molecule has 0 aliphatic carbocycles. The molecule has 0 fully saturated rings. The van der Waals surface area contributed by atoms with Crippen molar-refractivity contribution in [2.45, 2.75) is 26.2 Å². The second-order valence-corrected chi connectivity index (χ2v) is 3.08. The van der Waals surface area contributed by atoms with Crippen LogP contribution in [0.15, 0.2) is 0 Å². The number of hydrogen-bond acceptors (Lipinski definition) is 3. The van der Waals surface area contributed by atoms with E-state index in [0.717, 1.165) is 19.4 Å². The number of unbranched alkanes of at least 4 members (excludes halogenated alkanes) is 1. The maximum absolute atomic E-state index is 10.7. The van der Waals surface area contributed by atoms with Crippen LogP contribution in [-0.4, -0.2) is 38.1 Å². The first-order valence-electron chi connectivity index (χ1n) is 4.47. The lowest BCUT2D eigenvalue weighted by Gasteiger charge is -2.08. The Kier molecular flexibility index (Phi) is 6.76. The molecular weight excluding hydrogens is 154 g/mol. The van der Waals surface area contributed by atoms with E-state index in [0.29, 0.717) is 13.0 Å². The summed E-state index contributed by atoms with van der Waals surface area (Å²) in [5, 5.41) is 0. The number of carbonyl (C=O) groups excluding carboxylic acids is 1. The van der Waals surface area contributed by atoms with Gasteiger partial charge in [-0.15, -0.1) is 0 Å². The maximum Gasteiger partial charge on any atom is 0.305 e. The van der Waals surface area contributed by atoms with E-state index in [1.165, 1.54) is 0 Å². The van der Waals surface area contributed by atoms with Gasteiger partial charge in [-0.2, -0.15) is 0 Å². The second-order valence-electron chi connectivity index (χ2n) is 3.08. The van der Waals surface area contributed by atoms with Crippen LogP contribution in [-0.2, 0) is 9.53 Å². The van der Waals surface area contributed by atoms with Crippen molar-refractivity contribution in [3.8, 4) is 0 Å². The molecule has 0 spiro atoms. The second kappa shape index (κ2) is 7.10. The molecule has 0 aromatic heterocycles. The molecule has 72 valence electrons. The average molecular weight is 173 g/mol. The predicted octanol–water partition coefficient (Wildman–Crippen LogP) is 1.28. The molecule has 0 aliphatic heterocycles. The lowest BCUT2D eigenvalue weighted by atomic mass is 10.3. The molecule has 3 nitrogen and oxygen atoms in total. The Morgan fingerprint density at radius 2 is 2.00 bits per heavy atom. The number of ether oxygens (including phenoxy) is 1. The van der Waals surface area contributed by atoms with E-state index in [1.807, 2.05) is 21.0 Å². The summed E-state index contributed by atoms with van der Waals surface area (Å²) >= 11 is 0. The fourth-order valence-electron chi connectivity index (χ4n) is 0.818. The Morgan fingerprint density at radius 3 is 2.50 bits per heavy atom. The molecule has 0 heterocycles. The van der Waals surface area contributed by atoms with Gasteiger partial charge in [-0.05, 0) is 33.5 Å². The van der Waals surface area contributed by atoms with Gasteiger partial charge in [-0.3, -0.25) is 4.79 Å². The Hall–Kier alpha value is -0.570. The van der Waals surface area contributed by atoms with Crippen LogP contribution in [0.25, 0.3) is 0 Å². The molecule has 0 aromatic rings. The van der Waals surface area contributed by atoms with Crippen LogP contribution in [0.5, 0.6) is 0 Å². The highest BCUT2D eigenvalue weighted by molar-refractivity contribution is 5.68. The molecule has 0 rings (SSSR count). The molecule has 0 amide bonds. The topological polar surface area (TPSA) is 29.5 Å². The maximum atomic E-state index is 10.7. The van der Waals surface area contributed by atoms with Gasteiger partial charge in [0.1, 0.15) is 0 Å². The summed E-state index contributed by atoms with van der Waals surface area (Å²) in [5.74, 6) is -0.0974. The van der Waals surface area contributed by atoms with Gasteiger partial charge in [0.05, 0.1) is 6.61 Å². The van der Waals surface area contributed by atoms with Gasteiger partial charge >= 0.3 is 5.97 Å². The molecule has 0 saturated heterocycles. The predicted molar refractivity (Wildman–Crippen MR) is 49.0 cm³/mol. The van der Waals surface area contributed by atoms with E-state index in [4.69, 9.17) is 4.74 Å². The monoisotopic (exact) mass is 173 g/mol. The van der Waals surface area contributed by atoms with E-state index in [1.54, 1.807) is 0 Å². The largest absolute Gasteiger partial charge is 0.466 e. The van der Waals surface area contributed by atoms with Gasteiger partial charge in [0.2, 0.25) is 0 Å². The Balaban J connectivity index is 3.05. The fraction of sp³-hybridized carbons (Fsp3) is 0.889. The zero-order valence-corrected chi connectivity index (χ0v) is 8.30. The lowest BCUT2D eigenvalue weighted by molar-refractivity contribution is -0.143. The van der Waals surface area contributed by atoms with Crippen molar-refractivity contribution in [3.05, 3.63) is 0 Å². The molecule has 0 aliphatic rings. The van der Waals surface area contributed by atoms with Crippen molar-refractivity contribution in [2.24, 2.45) is 0 Å². The third-order valence-electron chi connectivity index (χ3n) is 1.55. The Morgan fingerprint density at radius 1 is 1.33 bits per heavy atom. The van der Waals surface area contributed by atoms with Gasteiger partial charge in [0.25, 0.3) is 0 Å². The van der Waals surface area contributed by atoms with Crippen LogP contribution >= 0.6 is 0 Å². The molecule has 0 saturated carbocycles. The van der Waals surface area contributed by atoms with Crippen LogP contribution in [0.2, 0.25) is 0 Å². The molecule has 0 atom stereocenters. The van der Waals surface area contributed by atoms with Crippen molar-refractivity contribution in [1.29, 1.82) is 0 Å². The summed E-state index contributed by atoms with van der Waals surface area (Å²) in [6.45, 7) is 3.44. The van der Waals surface area contributed by atoms with Gasteiger partial charge in [-0.1, -0.05) is 6.92 Å². The molecule has 0 radical (unpaired) electrons. The van der Waals surface area contributed by atoms with E-state index in [9.17, 15) is 4.79 Å². The van der Waals surface area contributed by atoms with Gasteiger partial charge in [-0.25, -0.2) is 0 Å². The lowest BCUT2D eigenvalue weighted by Crippen LogP contribution is -2.14. The van der Waals surface area contributed by atoms with Crippen LogP contribution in [0.4, 0.5) is 0 Å². The number of rotatable bonds is 6. The summed E-state index contributed by atoms with van der Waals surface area (Å²) in [4.78, 5) is 12.8. The summed E-state index contributed by atoms with van der Waals surface area (Å²) in [7, 11) is 4.08. The van der Waals surface area contributed by atoms with Crippen molar-refractivity contribution in [1.82, 2.24) is 4.90 Å². The Labute approximate surface area is 74.7 Å². The van der Waals surface area contributed by atoms with E-state index in [2.05, 4.69) is 4.90 Å². The first-order valence-corrected chi connectivity index (χ1v) is 4.47. The molecule has 3 heteroatoms. The highest BCUT2D eigenvalue weighted by Crippen LogP contribution is 1.93. The van der Waals surface area contributed by atoms with Crippen molar-refractivity contribution in [3.63, 3.8) is 0 Å². The standard InChI is InChI=1S/C9H19NO2/c1-4-9(11)12-8-6-5-7-10(2)3/h4-8H2,1-3H3. The highest BCUT2D eigenvalue weighted by Gasteiger charge is 1.97. The first-order chi connectivity index (χ1) is 5.66. The number of nitrogens with zero attached hydrogens (tertiary/aromatic N) is 1. The van der Waals surface area contributed by atoms with Crippen LogP contribution in [0.1, 0.15) is 26.2 Å². The van der Waals surface area contributed by atoms with Gasteiger partial charge in [0.15, 0.2) is 0 Å². The SMILES string of the molecule is CCC(=O)OCCCCN(C)C. The van der Waals surface area contributed by atoms with Crippen LogP contribution < -0.4 is 0 Å². The van der Waals surface area contributed by atoms with Crippen molar-refractivity contribution < 1.29 is 9.53 Å². The summed E-state index contributed by atoms with van der Waals surface area (Å²) in [5.41, 5.74) is 0. The van der Waals surface area contributed by atoms with Crippen molar-refractivity contribution in [2.75, 3.05) is 27.2 Å². The molecule has 0 bridgehead atoms. The van der Waals surface area contributed by atoms with E-state index >= 15 is 0 Å². The number of carbonyl (C=O) groups is 1. The molecule has 0 unspecified atom stereocenters. The van der Waals surface area contributed by atoms with Gasteiger partial charge in [0, 0.05) is 6.42 Å². The minimum Gasteiger partial charge on any atom is -0.466 e. The van der Waals surface area contributed by atoms with Crippen LogP contribution in [0.3, 0.4) is 0 Å². The molecule has 0 aromatic carbocycles. The normalized spacial score (nSPS) is 10.3. The minimum absolute atomic E-state index is 0.0974. The Bertz CT molecular complexity index is 124.